The molecule has 0 aliphatic rings. The van der Waals surface area contributed by atoms with Crippen LogP contribution in [0.3, 0.4) is 0 Å². The first-order chi connectivity index (χ1) is 11.8. The Hall–Kier alpha value is -0.430. The third-order valence-electron chi connectivity index (χ3n) is 2.28. The maximum absolute atomic E-state index is 9.09. The van der Waals surface area contributed by atoms with E-state index in [4.69, 9.17) is 22.3 Å². The predicted octanol–water partition coefficient (Wildman–Crippen LogP) is 5.50. The number of aromatic nitrogens is 2. The zero-order valence-corrected chi connectivity index (χ0v) is 18.2. The second-order valence-corrected chi connectivity index (χ2v) is 6.88. The average molecular weight is 451 g/mol. The molecule has 0 saturated carbocycles. The van der Waals surface area contributed by atoms with Crippen molar-refractivity contribution in [3.05, 3.63) is 59.2 Å². The maximum Gasteiger partial charge on any atom is 0.211 e. The van der Waals surface area contributed by atoms with Crippen LogP contribution in [0.5, 0.6) is 0 Å². The Morgan fingerprint density at radius 3 is 1.68 bits per heavy atom. The number of aliphatic hydroxyl groups excluding tert-OH is 1. The molecular weight excluding hydrogens is 426 g/mol. The number of nitrogens with zero attached hydrogens (tertiary/aromatic N) is 2. The third kappa shape index (κ3) is 19.7. The minimum Gasteiger partial charge on any atom is -0.392 e. The summed E-state index contributed by atoms with van der Waals surface area (Å²) in [7, 11) is 7.36. The van der Waals surface area contributed by atoms with E-state index in [2.05, 4.69) is 31.3 Å². The highest BCUT2D eigenvalue weighted by Crippen LogP contribution is 2.01. The molecule has 0 unspecified atom stereocenters. The van der Waals surface area contributed by atoms with Crippen molar-refractivity contribution in [3.8, 4) is 0 Å². The number of pyridine rings is 2. The molecule has 1 N–H and O–H groups in total. The largest absolute Gasteiger partial charge is 0.392 e. The van der Waals surface area contributed by atoms with Gasteiger partial charge in [-0.05, 0) is 37.1 Å². The molecule has 0 amide bonds. The summed E-state index contributed by atoms with van der Waals surface area (Å²) in [5.74, 6) is 0.549. The molecule has 0 fully saturated rings. The van der Waals surface area contributed by atoms with Crippen molar-refractivity contribution < 1.29 is 10.7 Å². The maximum atomic E-state index is 9.09. The molecule has 4 nitrogen and oxygen atoms in total. The minimum absolute atomic E-state index is 0. The summed E-state index contributed by atoms with van der Waals surface area (Å²) in [6.45, 7) is 6.24. The van der Waals surface area contributed by atoms with Crippen molar-refractivity contribution in [3.63, 3.8) is 0 Å². The lowest BCUT2D eigenvalue weighted by atomic mass is 10.3. The van der Waals surface area contributed by atoms with Crippen molar-refractivity contribution >= 4 is 54.6 Å². The van der Waals surface area contributed by atoms with Crippen LogP contribution in [0.2, 0.25) is 0 Å². The number of alkyl halides is 1. The smallest absolute Gasteiger partial charge is 0.211 e. The highest BCUT2D eigenvalue weighted by Gasteiger charge is 1.88. The van der Waals surface area contributed by atoms with Crippen LogP contribution in [0, 0.1) is 13.8 Å². The zero-order chi connectivity index (χ0) is 19.7. The quantitative estimate of drug-likeness (QED) is 0.484. The van der Waals surface area contributed by atoms with Crippen LogP contribution in [-0.4, -0.2) is 19.3 Å². The fourth-order valence-electron chi connectivity index (χ4n) is 1.17. The topological polar surface area (TPSA) is 63.1 Å². The summed E-state index contributed by atoms with van der Waals surface area (Å²) < 4.78 is 15.3. The van der Waals surface area contributed by atoms with Gasteiger partial charge in [-0.2, -0.15) is 0 Å². The van der Waals surface area contributed by atoms with Crippen molar-refractivity contribution in [1.82, 2.24) is 9.97 Å². The third-order valence-corrected chi connectivity index (χ3v) is 2.59. The van der Waals surface area contributed by atoms with Gasteiger partial charge in [-0.25, -0.2) is 4.21 Å². The Kier molecular flexibility index (Phi) is 21.3. The van der Waals surface area contributed by atoms with Crippen LogP contribution in [0.4, 0.5) is 0 Å². The molecule has 0 bridgehead atoms. The number of rotatable bonds is 2. The van der Waals surface area contributed by atoms with Crippen LogP contribution in [0.1, 0.15) is 37.7 Å². The van der Waals surface area contributed by atoms with E-state index >= 15 is 0 Å². The van der Waals surface area contributed by atoms with Crippen LogP contribution in [0.25, 0.3) is 0 Å². The number of hydrogen-bond acceptors (Lipinski definition) is 4. The fourth-order valence-corrected chi connectivity index (χ4v) is 1.33. The summed E-state index contributed by atoms with van der Waals surface area (Å²) in [5.41, 5.74) is 3.94. The first-order valence-electron chi connectivity index (χ1n) is 7.54. The molecule has 0 aliphatic carbocycles. The second kappa shape index (κ2) is 19.9. The summed E-state index contributed by atoms with van der Waals surface area (Å²) in [6, 6.07) is 7.68. The van der Waals surface area contributed by atoms with E-state index in [0.29, 0.717) is 12.8 Å². The number of aryl methyl sites for hydroxylation is 2. The van der Waals surface area contributed by atoms with Crippen LogP contribution >= 0.6 is 45.4 Å². The molecule has 9 heteroatoms. The SMILES string of the molecule is Cc1ccc(CCl)cn1.Cc1ccc(CO)cn1.Cl.O=S(Cl)Cl.[2H]CC. The molecule has 0 saturated heterocycles. The number of halogens is 4. The molecule has 2 aromatic heterocycles. The van der Waals surface area contributed by atoms with Gasteiger partial charge in [-0.15, -0.1) is 24.0 Å². The van der Waals surface area contributed by atoms with E-state index in [9.17, 15) is 0 Å². The van der Waals surface area contributed by atoms with Crippen LogP contribution < -0.4 is 0 Å². The lowest BCUT2D eigenvalue weighted by molar-refractivity contribution is 0.281. The summed E-state index contributed by atoms with van der Waals surface area (Å²) >= 11 is 5.54. The van der Waals surface area contributed by atoms with Gasteiger partial charge in [-0.3, -0.25) is 9.97 Å². The Balaban J connectivity index is -0.000000295. The van der Waals surface area contributed by atoms with Gasteiger partial charge in [0.05, 0.1) is 6.61 Å². The van der Waals surface area contributed by atoms with Crippen molar-refractivity contribution in [1.29, 1.82) is 0 Å². The lowest BCUT2D eigenvalue weighted by Crippen LogP contribution is -1.85. The Morgan fingerprint density at radius 1 is 1.08 bits per heavy atom. The highest BCUT2D eigenvalue weighted by atomic mass is 36.0. The van der Waals surface area contributed by atoms with E-state index in [1.54, 1.807) is 19.3 Å². The summed E-state index contributed by atoms with van der Waals surface area (Å²) in [5, 5.41) is 8.59. The molecule has 0 spiro atoms. The molecule has 0 radical (unpaired) electrons. The minimum atomic E-state index is -1.67. The van der Waals surface area contributed by atoms with Gasteiger partial charge in [0.25, 0.3) is 0 Å². The second-order valence-electron chi connectivity index (χ2n) is 4.09. The van der Waals surface area contributed by atoms with Crippen molar-refractivity contribution in [2.75, 3.05) is 0 Å². The Bertz CT molecular complexity index is 526. The Morgan fingerprint density at radius 2 is 1.44 bits per heavy atom. The molecule has 2 heterocycles. The van der Waals surface area contributed by atoms with Gasteiger partial charge >= 0.3 is 0 Å². The lowest BCUT2D eigenvalue weighted by Gasteiger charge is -1.93. The number of aliphatic hydroxyl groups is 1. The summed E-state index contributed by atoms with van der Waals surface area (Å²) in [4.78, 5) is 8.06. The molecule has 0 atom stereocenters. The molecular formula is C16H24Cl4N2O2S. The molecule has 0 aliphatic heterocycles. The fraction of sp³-hybridized carbons (Fsp3) is 0.375. The van der Waals surface area contributed by atoms with Gasteiger partial charge in [-0.1, -0.05) is 26.0 Å². The van der Waals surface area contributed by atoms with E-state index in [-0.39, 0.29) is 19.0 Å². The molecule has 2 aromatic rings. The summed E-state index contributed by atoms with van der Waals surface area (Å²) in [6.07, 6.45) is 3.47. The van der Waals surface area contributed by atoms with Gasteiger partial charge in [0.1, 0.15) is 0 Å². The Labute approximate surface area is 174 Å². The van der Waals surface area contributed by atoms with Gasteiger partial charge in [0.15, 0.2) is 0 Å². The predicted molar refractivity (Wildman–Crippen MR) is 112 cm³/mol. The van der Waals surface area contributed by atoms with Gasteiger partial charge in [0.2, 0.25) is 9.23 Å². The molecule has 2 rings (SSSR count). The van der Waals surface area contributed by atoms with Gasteiger partial charge < -0.3 is 5.11 Å². The molecule has 25 heavy (non-hydrogen) atoms. The first kappa shape index (κ1) is 26.8. The monoisotopic (exact) mass is 449 g/mol. The van der Waals surface area contributed by atoms with Crippen LogP contribution in [-0.2, 0) is 21.7 Å². The first-order valence-corrected chi connectivity index (χ1v) is 10.2. The average Bonchev–Trinajstić information content (AvgIpc) is 2.57. The van der Waals surface area contributed by atoms with Crippen LogP contribution in [0.15, 0.2) is 36.7 Å². The van der Waals surface area contributed by atoms with E-state index in [1.807, 2.05) is 38.1 Å². The normalized spacial score (nSPS) is 9.04. The van der Waals surface area contributed by atoms with E-state index < -0.39 is 9.23 Å². The van der Waals surface area contributed by atoms with Crippen molar-refractivity contribution in [2.45, 2.75) is 40.2 Å². The van der Waals surface area contributed by atoms with E-state index in [1.165, 1.54) is 0 Å². The zero-order valence-electron chi connectivity index (χ0n) is 15.3. The standard InChI is InChI=1S/C7H8ClN.C7H9NO.C2H6.Cl2OS.ClH/c1-6-2-3-7(4-8)5-9-6;1-6-2-3-7(5-9)4-8-6;1-2;1-4(2)3;/h2-3,5H,4H2,1H3;2-4,9H,5H2,1H3;1-2H3;;1H/i;;1D;;. The highest BCUT2D eigenvalue weighted by molar-refractivity contribution is 8.26. The van der Waals surface area contributed by atoms with Crippen molar-refractivity contribution in [2.24, 2.45) is 0 Å². The molecule has 0 aromatic carbocycles. The number of hydrogen-bond donors (Lipinski definition) is 1. The molecule has 144 valence electrons. The van der Waals surface area contributed by atoms with Gasteiger partial charge in [0, 0.05) is 52.4 Å². The van der Waals surface area contributed by atoms with E-state index in [0.717, 1.165) is 22.5 Å².